The lowest BCUT2D eigenvalue weighted by atomic mass is 10.0. The van der Waals surface area contributed by atoms with E-state index >= 15 is 0 Å². The first-order chi connectivity index (χ1) is 22.5. The van der Waals surface area contributed by atoms with Gasteiger partial charge in [0, 0.05) is 19.5 Å². The van der Waals surface area contributed by atoms with Crippen LogP contribution in [0.4, 0.5) is 5.69 Å². The maximum atomic E-state index is 14.5. The molecule has 11 heteroatoms. The van der Waals surface area contributed by atoms with Gasteiger partial charge in [-0.1, -0.05) is 84.2 Å². The van der Waals surface area contributed by atoms with E-state index in [1.807, 2.05) is 51.1 Å². The van der Waals surface area contributed by atoms with Gasteiger partial charge in [0.2, 0.25) is 11.8 Å². The minimum atomic E-state index is -4.24. The Morgan fingerprint density at radius 1 is 0.851 bits per heavy atom. The number of nitrogens with zero attached hydrogens (tertiary/aromatic N) is 2. The first-order valence-electron chi connectivity index (χ1n) is 15.4. The minimum Gasteiger partial charge on any atom is -0.494 e. The Kier molecular flexibility index (Phi) is 12.7. The number of rotatable bonds is 15. The van der Waals surface area contributed by atoms with E-state index in [1.54, 1.807) is 54.6 Å². The Bertz CT molecular complexity index is 1750. The van der Waals surface area contributed by atoms with Crippen molar-refractivity contribution in [3.8, 4) is 5.75 Å². The fourth-order valence-corrected chi connectivity index (χ4v) is 6.73. The molecule has 0 heterocycles. The van der Waals surface area contributed by atoms with E-state index in [4.69, 9.17) is 27.9 Å². The fraction of sp³-hybridized carbons (Fsp3) is 0.278. The number of sulfonamides is 1. The largest absolute Gasteiger partial charge is 0.494 e. The molecule has 2 amide bonds. The van der Waals surface area contributed by atoms with Crippen LogP contribution in [0.3, 0.4) is 0 Å². The molecule has 4 aromatic carbocycles. The molecule has 4 aromatic rings. The van der Waals surface area contributed by atoms with Crippen LogP contribution in [0.2, 0.25) is 10.0 Å². The van der Waals surface area contributed by atoms with Crippen LogP contribution in [0.15, 0.2) is 102 Å². The van der Waals surface area contributed by atoms with Crippen molar-refractivity contribution in [2.45, 2.75) is 51.1 Å². The maximum Gasteiger partial charge on any atom is 0.264 e. The number of hydrogen-bond donors (Lipinski definition) is 1. The molecule has 0 radical (unpaired) electrons. The molecule has 0 aromatic heterocycles. The van der Waals surface area contributed by atoms with E-state index in [1.165, 1.54) is 17.0 Å². The molecule has 1 N–H and O–H groups in total. The first-order valence-corrected chi connectivity index (χ1v) is 17.6. The summed E-state index contributed by atoms with van der Waals surface area (Å²) in [6, 6.07) is 26.4. The first kappa shape index (κ1) is 35.8. The molecule has 248 valence electrons. The van der Waals surface area contributed by atoms with Crippen molar-refractivity contribution < 1.29 is 22.7 Å². The second kappa shape index (κ2) is 16.7. The topological polar surface area (TPSA) is 96.0 Å². The van der Waals surface area contributed by atoms with Gasteiger partial charge in [-0.15, -0.1) is 0 Å². The predicted octanol–water partition coefficient (Wildman–Crippen LogP) is 7.06. The highest BCUT2D eigenvalue weighted by Gasteiger charge is 2.34. The molecule has 0 aliphatic carbocycles. The van der Waals surface area contributed by atoms with E-state index in [9.17, 15) is 18.0 Å². The summed E-state index contributed by atoms with van der Waals surface area (Å²) in [4.78, 5) is 29.7. The number of carbonyl (C=O) groups is 2. The highest BCUT2D eigenvalue weighted by atomic mass is 35.5. The van der Waals surface area contributed by atoms with Crippen LogP contribution in [0.5, 0.6) is 5.75 Å². The summed E-state index contributed by atoms with van der Waals surface area (Å²) in [5.41, 5.74) is 2.71. The predicted molar refractivity (Wildman–Crippen MR) is 188 cm³/mol. The number of carbonyl (C=O) groups excluding carboxylic acids is 2. The average molecular weight is 697 g/mol. The number of anilines is 1. The minimum absolute atomic E-state index is 0.00751. The van der Waals surface area contributed by atoms with Crippen LogP contribution in [0.1, 0.15) is 37.0 Å². The molecule has 1 atom stereocenters. The van der Waals surface area contributed by atoms with Crippen LogP contribution in [0.25, 0.3) is 0 Å². The van der Waals surface area contributed by atoms with Gasteiger partial charge in [-0.2, -0.15) is 0 Å². The molecule has 0 aliphatic heterocycles. The molecule has 0 saturated heterocycles. The number of amides is 2. The van der Waals surface area contributed by atoms with E-state index in [2.05, 4.69) is 5.32 Å². The summed E-state index contributed by atoms with van der Waals surface area (Å²) < 4.78 is 35.0. The molecule has 4 rings (SSSR count). The van der Waals surface area contributed by atoms with Crippen molar-refractivity contribution in [1.82, 2.24) is 10.2 Å². The lowest BCUT2D eigenvalue weighted by Crippen LogP contribution is -2.53. The quantitative estimate of drug-likeness (QED) is 0.144. The average Bonchev–Trinajstić information content (AvgIpc) is 3.07. The zero-order valence-corrected chi connectivity index (χ0v) is 29.0. The third kappa shape index (κ3) is 9.50. The number of nitrogens with one attached hydrogen (secondary N) is 1. The van der Waals surface area contributed by atoms with E-state index in [-0.39, 0.29) is 23.8 Å². The van der Waals surface area contributed by atoms with Crippen molar-refractivity contribution in [3.05, 3.63) is 124 Å². The Morgan fingerprint density at radius 2 is 1.53 bits per heavy atom. The molecule has 0 saturated carbocycles. The van der Waals surface area contributed by atoms with Gasteiger partial charge >= 0.3 is 0 Å². The highest BCUT2D eigenvalue weighted by Crippen LogP contribution is 2.28. The summed E-state index contributed by atoms with van der Waals surface area (Å²) in [7, 11) is -4.24. The van der Waals surface area contributed by atoms with Gasteiger partial charge in [0.25, 0.3) is 10.0 Å². The smallest absolute Gasteiger partial charge is 0.264 e. The summed E-state index contributed by atoms with van der Waals surface area (Å²) in [6.07, 6.45) is 0.908. The molecule has 0 bridgehead atoms. The van der Waals surface area contributed by atoms with E-state index < -0.39 is 28.5 Å². The Morgan fingerprint density at radius 3 is 2.15 bits per heavy atom. The molecule has 0 unspecified atom stereocenters. The number of ether oxygens (including phenoxy) is 1. The van der Waals surface area contributed by atoms with Crippen LogP contribution in [-0.4, -0.2) is 50.9 Å². The van der Waals surface area contributed by atoms with Gasteiger partial charge in [-0.05, 0) is 79.9 Å². The molecule has 0 aliphatic rings. The Labute approximate surface area is 287 Å². The van der Waals surface area contributed by atoms with Crippen LogP contribution < -0.4 is 14.4 Å². The van der Waals surface area contributed by atoms with Crippen LogP contribution in [0, 0.1) is 6.92 Å². The summed E-state index contributed by atoms with van der Waals surface area (Å²) in [6.45, 7) is 5.94. The lowest BCUT2D eigenvalue weighted by Gasteiger charge is -2.34. The molecule has 8 nitrogen and oxygen atoms in total. The van der Waals surface area contributed by atoms with E-state index in [0.717, 1.165) is 15.4 Å². The molecule has 0 fully saturated rings. The summed E-state index contributed by atoms with van der Waals surface area (Å²) in [5, 5.41) is 3.58. The molecule has 47 heavy (non-hydrogen) atoms. The third-order valence-corrected chi connectivity index (χ3v) is 10.0. The summed E-state index contributed by atoms with van der Waals surface area (Å²) in [5.74, 6) is -0.391. The zero-order valence-electron chi connectivity index (χ0n) is 26.7. The van der Waals surface area contributed by atoms with Crippen molar-refractivity contribution in [1.29, 1.82) is 0 Å². The normalized spacial score (nSPS) is 11.9. The van der Waals surface area contributed by atoms with Crippen LogP contribution in [-0.2, 0) is 32.6 Å². The SMILES string of the molecule is CCCNC(=O)[C@H](Cc1ccccc1)N(Cc1ccc(Cl)c(Cl)c1)C(=O)CN(c1ccc(C)cc1)S(=O)(=O)c1ccc(OCC)cc1. The Hall–Kier alpha value is -4.05. The second-order valence-corrected chi connectivity index (χ2v) is 13.7. The monoisotopic (exact) mass is 695 g/mol. The van der Waals surface area contributed by atoms with Gasteiger partial charge in [-0.25, -0.2) is 8.42 Å². The fourth-order valence-electron chi connectivity index (χ4n) is 5.00. The van der Waals surface area contributed by atoms with Crippen molar-refractivity contribution >= 4 is 50.7 Å². The van der Waals surface area contributed by atoms with Gasteiger partial charge in [-0.3, -0.25) is 13.9 Å². The lowest BCUT2D eigenvalue weighted by molar-refractivity contribution is -0.140. The Balaban J connectivity index is 1.79. The van der Waals surface area contributed by atoms with Crippen molar-refractivity contribution in [2.75, 3.05) is 24.0 Å². The second-order valence-electron chi connectivity index (χ2n) is 11.0. The zero-order chi connectivity index (χ0) is 34.0. The van der Waals surface area contributed by atoms with Crippen LogP contribution >= 0.6 is 23.2 Å². The molecular formula is C36H39Cl2N3O5S. The van der Waals surface area contributed by atoms with Gasteiger partial charge in [0.15, 0.2) is 0 Å². The third-order valence-electron chi connectivity index (χ3n) is 7.48. The number of benzene rings is 4. The number of aryl methyl sites for hydroxylation is 1. The van der Waals surface area contributed by atoms with Crippen molar-refractivity contribution in [2.24, 2.45) is 0 Å². The summed E-state index contributed by atoms with van der Waals surface area (Å²) >= 11 is 12.5. The number of halogens is 2. The van der Waals surface area contributed by atoms with Gasteiger partial charge in [0.1, 0.15) is 18.3 Å². The standard InChI is InChI=1S/C36H39Cl2N3O5S/c1-4-21-39-36(43)34(23-27-9-7-6-8-10-27)40(24-28-13-20-32(37)33(38)22-28)35(42)25-41(29-14-11-26(3)12-15-29)47(44,45)31-18-16-30(17-19-31)46-5-2/h6-20,22,34H,4-5,21,23-25H2,1-3H3,(H,39,43)/t34-/m0/s1. The maximum absolute atomic E-state index is 14.5. The van der Waals surface area contributed by atoms with Gasteiger partial charge < -0.3 is 15.0 Å². The number of hydrogen-bond acceptors (Lipinski definition) is 5. The van der Waals surface area contributed by atoms with Gasteiger partial charge in [0.05, 0.1) is 27.2 Å². The van der Waals surface area contributed by atoms with E-state index in [0.29, 0.717) is 46.6 Å². The molecular weight excluding hydrogens is 657 g/mol. The molecule has 0 spiro atoms. The highest BCUT2D eigenvalue weighted by molar-refractivity contribution is 7.92. The van der Waals surface area contributed by atoms with Crippen molar-refractivity contribution in [3.63, 3.8) is 0 Å².